The van der Waals surface area contributed by atoms with E-state index in [9.17, 15) is 4.79 Å². The number of fused-ring (bicyclic) bond motifs is 1. The number of anilines is 2. The lowest BCUT2D eigenvalue weighted by Gasteiger charge is -2.37. The molecule has 0 saturated carbocycles. The number of aliphatic carboxylic acids is 1. The molecule has 1 aliphatic heterocycles. The molecular weight excluding hydrogens is 322 g/mol. The van der Waals surface area contributed by atoms with E-state index in [-0.39, 0.29) is 11.8 Å². The van der Waals surface area contributed by atoms with Crippen LogP contribution in [0.15, 0.2) is 38.7 Å². The Morgan fingerprint density at radius 1 is 1.42 bits per heavy atom. The molecule has 0 fully saturated rings. The van der Waals surface area contributed by atoms with Crippen LogP contribution < -0.4 is 11.1 Å². The second-order valence-corrected chi connectivity index (χ2v) is 8.15. The van der Waals surface area contributed by atoms with E-state index in [0.717, 1.165) is 34.8 Å². The number of nitrogen functional groups attached to an aromatic ring is 1. The molecule has 0 spiro atoms. The maximum atomic E-state index is 10.7. The molecule has 0 atom stereocenters. The molecule has 3 rings (SSSR count). The summed E-state index contributed by atoms with van der Waals surface area (Å²) in [5.74, 6) is -0.766. The van der Waals surface area contributed by atoms with Crippen molar-refractivity contribution in [3.05, 3.63) is 28.8 Å². The summed E-state index contributed by atoms with van der Waals surface area (Å²) in [5, 5.41) is 12.3. The van der Waals surface area contributed by atoms with Crippen molar-refractivity contribution in [2.45, 2.75) is 44.4 Å². The van der Waals surface area contributed by atoms with Crippen molar-refractivity contribution in [1.82, 2.24) is 0 Å². The van der Waals surface area contributed by atoms with E-state index in [2.05, 4.69) is 25.2 Å². The van der Waals surface area contributed by atoms with Crippen molar-refractivity contribution >= 4 is 34.8 Å². The number of nitrogens with one attached hydrogen (secondary N) is 1. The van der Waals surface area contributed by atoms with Crippen LogP contribution in [0.2, 0.25) is 0 Å². The topological polar surface area (TPSA) is 87.7 Å². The average Bonchev–Trinajstić information content (AvgIpc) is 2.49. The number of benzene rings is 1. The Balaban J connectivity index is 1.87. The van der Waals surface area contributed by atoms with E-state index in [1.807, 2.05) is 12.1 Å². The summed E-state index contributed by atoms with van der Waals surface area (Å²) in [6, 6.07) is 5.94. The van der Waals surface area contributed by atoms with E-state index in [1.165, 1.54) is 10.6 Å². The first-order valence-electron chi connectivity index (χ1n) is 8.18. The van der Waals surface area contributed by atoms with Crippen molar-refractivity contribution in [2.24, 2.45) is 10.4 Å². The van der Waals surface area contributed by atoms with Gasteiger partial charge in [-0.3, -0.25) is 9.79 Å². The molecule has 0 unspecified atom stereocenters. The zero-order valence-corrected chi connectivity index (χ0v) is 14.9. The van der Waals surface area contributed by atoms with Crippen molar-refractivity contribution < 1.29 is 9.90 Å². The Morgan fingerprint density at radius 2 is 2.21 bits per heavy atom. The molecule has 0 aromatic heterocycles. The third kappa shape index (κ3) is 3.59. The number of hydrogen-bond acceptors (Lipinski definition) is 5. The molecule has 1 aliphatic carbocycles. The molecule has 0 saturated heterocycles. The molecule has 1 heterocycles. The van der Waals surface area contributed by atoms with Crippen LogP contribution in [0, 0.1) is 5.41 Å². The molecule has 5 nitrogen and oxygen atoms in total. The predicted molar refractivity (Wildman–Crippen MR) is 99.5 cm³/mol. The van der Waals surface area contributed by atoms with Gasteiger partial charge in [0.15, 0.2) is 0 Å². The van der Waals surface area contributed by atoms with Crippen LogP contribution in [0.3, 0.4) is 0 Å². The Labute approximate surface area is 146 Å². The maximum absolute atomic E-state index is 10.7. The number of hydrogen-bond donors (Lipinski definition) is 3. The van der Waals surface area contributed by atoms with E-state index in [4.69, 9.17) is 15.8 Å². The van der Waals surface area contributed by atoms with Crippen LogP contribution >= 0.6 is 11.8 Å². The highest BCUT2D eigenvalue weighted by Crippen LogP contribution is 2.49. The standard InChI is InChI=1S/C18H23N3O2S/c1-18(2)9-12(20-8-4-7-15(22)23)17-13(10-18)21-16-11(19)5-3-6-14(16)24-17/h3,5-6,21H,4,7-10,19H2,1-2H3,(H,22,23). The third-order valence-electron chi connectivity index (χ3n) is 4.24. The van der Waals surface area contributed by atoms with Gasteiger partial charge in [0, 0.05) is 23.6 Å². The largest absolute Gasteiger partial charge is 0.481 e. The lowest BCUT2D eigenvalue weighted by atomic mass is 9.78. The van der Waals surface area contributed by atoms with Crippen LogP contribution in [0.25, 0.3) is 0 Å². The minimum Gasteiger partial charge on any atom is -0.481 e. The quantitative estimate of drug-likeness (QED) is 0.564. The van der Waals surface area contributed by atoms with Crippen LogP contribution in [0.1, 0.15) is 39.5 Å². The van der Waals surface area contributed by atoms with Crippen molar-refractivity contribution in [1.29, 1.82) is 0 Å². The number of carboxylic acids is 1. The molecule has 0 bridgehead atoms. The predicted octanol–water partition coefficient (Wildman–Crippen LogP) is 4.12. The number of carbonyl (C=O) groups is 1. The van der Waals surface area contributed by atoms with E-state index < -0.39 is 5.97 Å². The number of thioether (sulfide) groups is 1. The second-order valence-electron chi connectivity index (χ2n) is 7.10. The summed E-state index contributed by atoms with van der Waals surface area (Å²) in [6.07, 6.45) is 2.60. The van der Waals surface area contributed by atoms with Gasteiger partial charge in [-0.1, -0.05) is 31.7 Å². The van der Waals surface area contributed by atoms with Crippen LogP contribution in [-0.2, 0) is 4.79 Å². The molecule has 6 heteroatoms. The van der Waals surface area contributed by atoms with Gasteiger partial charge in [0.1, 0.15) is 0 Å². The summed E-state index contributed by atoms with van der Waals surface area (Å²) in [4.78, 5) is 17.7. The molecule has 128 valence electrons. The Morgan fingerprint density at radius 3 is 2.96 bits per heavy atom. The van der Waals surface area contributed by atoms with E-state index in [1.54, 1.807) is 11.8 Å². The smallest absolute Gasteiger partial charge is 0.303 e. The summed E-state index contributed by atoms with van der Waals surface area (Å²) >= 11 is 1.72. The van der Waals surface area contributed by atoms with Crippen molar-refractivity contribution in [2.75, 3.05) is 17.6 Å². The highest BCUT2D eigenvalue weighted by atomic mass is 32.2. The van der Waals surface area contributed by atoms with Crippen LogP contribution in [0.4, 0.5) is 11.4 Å². The fraction of sp³-hybridized carbons (Fsp3) is 0.444. The number of para-hydroxylation sites is 1. The van der Waals surface area contributed by atoms with Gasteiger partial charge in [0.05, 0.1) is 22.0 Å². The highest BCUT2D eigenvalue weighted by molar-refractivity contribution is 8.04. The monoisotopic (exact) mass is 345 g/mol. The van der Waals surface area contributed by atoms with Gasteiger partial charge in [-0.05, 0) is 36.8 Å². The Kier molecular flexibility index (Phi) is 4.58. The summed E-state index contributed by atoms with van der Waals surface area (Å²) < 4.78 is 0. The van der Waals surface area contributed by atoms with Crippen LogP contribution in [0.5, 0.6) is 0 Å². The van der Waals surface area contributed by atoms with Gasteiger partial charge in [-0.25, -0.2) is 0 Å². The number of rotatable bonds is 4. The van der Waals surface area contributed by atoms with Gasteiger partial charge in [-0.15, -0.1) is 0 Å². The molecule has 1 aromatic rings. The molecule has 2 aliphatic rings. The first-order valence-corrected chi connectivity index (χ1v) is 8.99. The minimum absolute atomic E-state index is 0.124. The van der Waals surface area contributed by atoms with Crippen molar-refractivity contribution in [3.8, 4) is 0 Å². The van der Waals surface area contributed by atoms with Gasteiger partial charge >= 0.3 is 5.97 Å². The number of nitrogens with two attached hydrogens (primary N) is 1. The van der Waals surface area contributed by atoms with E-state index in [0.29, 0.717) is 13.0 Å². The average molecular weight is 345 g/mol. The first kappa shape index (κ1) is 16.9. The maximum Gasteiger partial charge on any atom is 0.303 e. The molecule has 0 radical (unpaired) electrons. The number of allylic oxidation sites excluding steroid dienone is 2. The molecule has 1 aromatic carbocycles. The number of aliphatic imine (C=N–C) groups is 1. The van der Waals surface area contributed by atoms with Gasteiger partial charge in [-0.2, -0.15) is 0 Å². The first-order chi connectivity index (χ1) is 11.4. The number of nitrogens with zero attached hydrogens (tertiary/aromatic N) is 1. The third-order valence-corrected chi connectivity index (χ3v) is 5.48. The zero-order valence-electron chi connectivity index (χ0n) is 14.1. The lowest BCUT2D eigenvalue weighted by molar-refractivity contribution is -0.137. The van der Waals surface area contributed by atoms with Gasteiger partial charge in [0.2, 0.25) is 0 Å². The lowest BCUT2D eigenvalue weighted by Crippen LogP contribution is -2.29. The summed E-state index contributed by atoms with van der Waals surface area (Å²) in [5.41, 5.74) is 10.2. The second kappa shape index (κ2) is 6.51. The fourth-order valence-electron chi connectivity index (χ4n) is 3.15. The summed E-state index contributed by atoms with van der Waals surface area (Å²) in [6.45, 7) is 5.03. The minimum atomic E-state index is -0.766. The molecule has 4 N–H and O–H groups in total. The Hall–Kier alpha value is -1.95. The number of carboxylic acid groups (broad SMARTS) is 1. The molecular formula is C18H23N3O2S. The Bertz CT molecular complexity index is 738. The van der Waals surface area contributed by atoms with Crippen LogP contribution in [-0.4, -0.2) is 23.3 Å². The molecule has 0 amide bonds. The normalized spacial score (nSPS) is 20.3. The van der Waals surface area contributed by atoms with Gasteiger partial charge < -0.3 is 16.2 Å². The van der Waals surface area contributed by atoms with E-state index >= 15 is 0 Å². The van der Waals surface area contributed by atoms with Gasteiger partial charge in [0.25, 0.3) is 0 Å². The fourth-order valence-corrected chi connectivity index (χ4v) is 4.29. The molecule has 24 heavy (non-hydrogen) atoms. The summed E-state index contributed by atoms with van der Waals surface area (Å²) in [7, 11) is 0. The SMILES string of the molecule is CC1(C)CC(=NCCCC(=O)O)C2=C(C1)Nc1c(N)cccc1S2. The van der Waals surface area contributed by atoms with Crippen molar-refractivity contribution in [3.63, 3.8) is 0 Å². The highest BCUT2D eigenvalue weighted by Gasteiger charge is 2.34. The zero-order chi connectivity index (χ0) is 17.3.